The first-order chi connectivity index (χ1) is 16.7. The molecule has 0 spiro atoms. The minimum atomic E-state index is -0.203. The number of hydrogen-bond acceptors (Lipinski definition) is 2. The minimum absolute atomic E-state index is 0.0264. The van der Waals surface area contributed by atoms with E-state index in [0.717, 1.165) is 21.9 Å². The second-order valence-corrected chi connectivity index (χ2v) is 15.7. The molecule has 0 aliphatic heterocycles. The van der Waals surface area contributed by atoms with Gasteiger partial charge >= 0.3 is 0 Å². The first-order valence-electron chi connectivity index (χ1n) is 13.3. The Morgan fingerprint density at radius 2 is 1.05 bits per heavy atom. The van der Waals surface area contributed by atoms with Crippen molar-refractivity contribution in [1.82, 2.24) is 0 Å². The molecule has 1 heterocycles. The van der Waals surface area contributed by atoms with Gasteiger partial charge in [0.2, 0.25) is 0 Å². The van der Waals surface area contributed by atoms with Crippen LogP contribution in [0.3, 0.4) is 0 Å². The molecule has 0 saturated heterocycles. The monoisotopic (exact) mass is 514 g/mol. The summed E-state index contributed by atoms with van der Waals surface area (Å²) in [6, 6.07) is 8.98. The van der Waals surface area contributed by atoms with Gasteiger partial charge in [0.05, 0.1) is 0 Å². The molecule has 2 heteroatoms. The van der Waals surface area contributed by atoms with E-state index in [1.807, 2.05) is 0 Å². The molecule has 1 aliphatic rings. The number of rotatable bonds is 2. The van der Waals surface area contributed by atoms with Crippen LogP contribution in [0.15, 0.2) is 53.1 Å². The Kier molecular flexibility index (Phi) is 7.63. The van der Waals surface area contributed by atoms with Crippen LogP contribution < -0.4 is 10.4 Å². The van der Waals surface area contributed by atoms with Crippen LogP contribution in [0, 0.1) is 10.8 Å². The fraction of sp³-hybridized carbons (Fsp3) is 0.457. The van der Waals surface area contributed by atoms with E-state index in [4.69, 9.17) is 0 Å². The summed E-state index contributed by atoms with van der Waals surface area (Å²) in [5.41, 5.74) is 5.11. The zero-order chi connectivity index (χ0) is 28.1. The van der Waals surface area contributed by atoms with E-state index in [2.05, 4.69) is 138 Å². The highest BCUT2D eigenvalue weighted by atomic mass is 32.1. The zero-order valence-corrected chi connectivity index (χ0v) is 26.0. The highest BCUT2D eigenvalue weighted by Crippen LogP contribution is 2.39. The Bertz CT molecular complexity index is 1330. The van der Waals surface area contributed by atoms with Gasteiger partial charge in [-0.25, -0.2) is 0 Å². The normalized spacial score (nSPS) is 15.5. The number of Topliss-reactive ketones (excluding diaryl/α,β-unsaturated/α-hetero) is 1. The summed E-state index contributed by atoms with van der Waals surface area (Å²) >= 11 is 1.78. The lowest BCUT2D eigenvalue weighted by Gasteiger charge is -2.31. The largest absolute Gasteiger partial charge is 0.289 e. The van der Waals surface area contributed by atoms with Gasteiger partial charge in [-0.2, -0.15) is 0 Å². The van der Waals surface area contributed by atoms with Crippen molar-refractivity contribution < 1.29 is 4.79 Å². The van der Waals surface area contributed by atoms with Crippen LogP contribution in [0.4, 0.5) is 0 Å². The zero-order valence-electron chi connectivity index (χ0n) is 25.1. The Morgan fingerprint density at radius 1 is 0.649 bits per heavy atom. The predicted octanol–water partition coefficient (Wildman–Crippen LogP) is 8.49. The van der Waals surface area contributed by atoms with Crippen molar-refractivity contribution in [2.75, 3.05) is 0 Å². The third kappa shape index (κ3) is 6.71. The van der Waals surface area contributed by atoms with Gasteiger partial charge in [-0.1, -0.05) is 102 Å². The number of hydrogen-bond donors (Lipinski definition) is 0. The van der Waals surface area contributed by atoms with Gasteiger partial charge in [-0.05, 0) is 85.2 Å². The number of carbonyl (C=O) groups excluding carboxylic acids is 1. The van der Waals surface area contributed by atoms with Gasteiger partial charge in [0.1, 0.15) is 0 Å². The lowest BCUT2D eigenvalue weighted by atomic mass is 9.72. The van der Waals surface area contributed by atoms with Crippen LogP contribution in [0.2, 0.25) is 0 Å². The predicted molar refractivity (Wildman–Crippen MR) is 165 cm³/mol. The topological polar surface area (TPSA) is 17.1 Å². The average molecular weight is 515 g/mol. The molecule has 0 saturated carbocycles. The number of ketones is 1. The maximum absolute atomic E-state index is 13.3. The second kappa shape index (κ2) is 9.70. The minimum Gasteiger partial charge on any atom is -0.289 e. The summed E-state index contributed by atoms with van der Waals surface area (Å²) in [4.78, 5) is 15.7. The Labute approximate surface area is 229 Å². The van der Waals surface area contributed by atoms with E-state index in [1.54, 1.807) is 11.3 Å². The first-order valence-corrected chi connectivity index (χ1v) is 14.2. The summed E-state index contributed by atoms with van der Waals surface area (Å²) in [5, 5.41) is 2.37. The summed E-state index contributed by atoms with van der Waals surface area (Å²) < 4.78 is 0. The molecule has 3 rings (SSSR count). The van der Waals surface area contributed by atoms with Crippen LogP contribution in [0.25, 0.3) is 18.7 Å². The highest BCUT2D eigenvalue weighted by Gasteiger charge is 2.34. The van der Waals surface area contributed by atoms with Crippen LogP contribution in [0.1, 0.15) is 104 Å². The summed E-state index contributed by atoms with van der Waals surface area (Å²) in [6.45, 7) is 30.7. The molecular formula is C35H46OS. The number of benzene rings is 1. The molecule has 0 N–H and O–H groups in total. The van der Waals surface area contributed by atoms with Gasteiger partial charge in [0, 0.05) is 20.9 Å². The van der Waals surface area contributed by atoms with Crippen molar-refractivity contribution in [3.05, 3.63) is 84.5 Å². The standard InChI is InChI=1S/C35H46OS/c1-22-27(32(2,3)4)18-23(19-28(22)33(5,6)7)16-25-14-15-26(37-25)17-24-20-29(34(8,9)10)31(36)30(21-24)35(11,12)13/h14-21H,1H2,2-13H3. The van der Waals surface area contributed by atoms with Crippen molar-refractivity contribution in [2.45, 2.75) is 93.9 Å². The highest BCUT2D eigenvalue weighted by molar-refractivity contribution is 7.13. The summed E-state index contributed by atoms with van der Waals surface area (Å²) in [6.07, 6.45) is 8.66. The van der Waals surface area contributed by atoms with E-state index < -0.39 is 0 Å². The number of carbonyl (C=O) groups is 1. The molecular weight excluding hydrogens is 468 g/mol. The Hall–Kier alpha value is -2.45. The van der Waals surface area contributed by atoms with Crippen molar-refractivity contribution in [1.29, 1.82) is 0 Å². The molecule has 2 aromatic rings. The molecule has 0 unspecified atom stereocenters. The van der Waals surface area contributed by atoms with Gasteiger partial charge in [-0.15, -0.1) is 11.3 Å². The molecule has 0 bridgehead atoms. The van der Waals surface area contributed by atoms with Crippen LogP contribution >= 0.6 is 11.3 Å². The Morgan fingerprint density at radius 3 is 1.43 bits per heavy atom. The molecule has 1 aromatic carbocycles. The average Bonchev–Trinajstić information content (AvgIpc) is 3.13. The number of allylic oxidation sites excluding steroid dienone is 5. The van der Waals surface area contributed by atoms with Crippen LogP contribution in [-0.4, -0.2) is 5.78 Å². The molecule has 198 valence electrons. The first kappa shape index (κ1) is 29.1. The SMILES string of the molecule is C=c1c(C(C)(C)C)cc(=Cc2ccc(C=C3C=C(C(C)(C)C)C(=O)C(C(C)(C)C)=C3)s2)cc1C(C)(C)C. The van der Waals surface area contributed by atoms with E-state index in [-0.39, 0.29) is 27.4 Å². The summed E-state index contributed by atoms with van der Waals surface area (Å²) in [7, 11) is 0. The molecule has 1 nitrogen and oxygen atoms in total. The van der Waals surface area contributed by atoms with E-state index >= 15 is 0 Å². The van der Waals surface area contributed by atoms with E-state index in [9.17, 15) is 4.79 Å². The Balaban J connectivity index is 2.12. The van der Waals surface area contributed by atoms with Crippen molar-refractivity contribution >= 4 is 35.9 Å². The molecule has 1 aliphatic carbocycles. The van der Waals surface area contributed by atoms with Crippen LogP contribution in [-0.2, 0) is 15.6 Å². The molecule has 0 fully saturated rings. The van der Waals surface area contributed by atoms with Crippen molar-refractivity contribution in [2.24, 2.45) is 10.8 Å². The molecule has 0 atom stereocenters. The summed E-state index contributed by atoms with van der Waals surface area (Å²) in [5.74, 6) is 0.176. The van der Waals surface area contributed by atoms with Gasteiger partial charge in [-0.3, -0.25) is 4.79 Å². The van der Waals surface area contributed by atoms with E-state index in [0.29, 0.717) is 0 Å². The lowest BCUT2D eigenvalue weighted by Crippen LogP contribution is -2.33. The second-order valence-electron chi connectivity index (χ2n) is 14.6. The van der Waals surface area contributed by atoms with Gasteiger partial charge in [0.15, 0.2) is 5.78 Å². The quantitative estimate of drug-likeness (QED) is 0.393. The van der Waals surface area contributed by atoms with E-state index in [1.165, 1.54) is 26.1 Å². The fourth-order valence-corrected chi connectivity index (χ4v) is 5.75. The third-order valence-electron chi connectivity index (χ3n) is 6.88. The lowest BCUT2D eigenvalue weighted by molar-refractivity contribution is -0.114. The maximum Gasteiger partial charge on any atom is 0.186 e. The van der Waals surface area contributed by atoms with Crippen molar-refractivity contribution in [3.8, 4) is 0 Å². The maximum atomic E-state index is 13.3. The van der Waals surface area contributed by atoms with Gasteiger partial charge in [0.25, 0.3) is 0 Å². The third-order valence-corrected chi connectivity index (χ3v) is 7.86. The molecule has 37 heavy (non-hydrogen) atoms. The van der Waals surface area contributed by atoms with Gasteiger partial charge < -0.3 is 0 Å². The molecule has 0 amide bonds. The molecule has 0 radical (unpaired) electrons. The van der Waals surface area contributed by atoms with Crippen LogP contribution in [0.5, 0.6) is 0 Å². The smallest absolute Gasteiger partial charge is 0.186 e. The molecule has 1 aromatic heterocycles. The van der Waals surface area contributed by atoms with Crippen molar-refractivity contribution in [3.63, 3.8) is 0 Å². The number of thiophene rings is 1. The fourth-order valence-electron chi connectivity index (χ4n) is 4.82.